The van der Waals surface area contributed by atoms with Crippen molar-refractivity contribution in [1.82, 2.24) is 5.32 Å². The van der Waals surface area contributed by atoms with Gasteiger partial charge in [0.15, 0.2) is 0 Å². The minimum absolute atomic E-state index is 0.313. The molecule has 0 bridgehead atoms. The number of furan rings is 1. The lowest BCUT2D eigenvalue weighted by molar-refractivity contribution is 0.0563. The summed E-state index contributed by atoms with van der Waals surface area (Å²) >= 11 is 0. The van der Waals surface area contributed by atoms with Gasteiger partial charge in [-0.3, -0.25) is 0 Å². The van der Waals surface area contributed by atoms with Crippen molar-refractivity contribution in [3.05, 3.63) is 23.7 Å². The highest BCUT2D eigenvalue weighted by Gasteiger charge is 2.16. The third kappa shape index (κ3) is 4.10. The summed E-state index contributed by atoms with van der Waals surface area (Å²) in [6.07, 6.45) is 9.69. The molecule has 1 saturated carbocycles. The van der Waals surface area contributed by atoms with Crippen LogP contribution < -0.4 is 5.32 Å². The summed E-state index contributed by atoms with van der Waals surface area (Å²) in [5.74, 6) is 0.785. The minimum Gasteiger partial charge on any atom is -0.463 e. The van der Waals surface area contributed by atoms with Gasteiger partial charge in [0.1, 0.15) is 0 Å². The van der Waals surface area contributed by atoms with Crippen LogP contribution in [0.25, 0.3) is 0 Å². The fraction of sp³-hybridized carbons (Fsp3) is 0.667. The van der Waals surface area contributed by atoms with Gasteiger partial charge in [-0.1, -0.05) is 32.1 Å². The summed E-state index contributed by atoms with van der Waals surface area (Å²) in [6.45, 7) is 1.66. The lowest BCUT2D eigenvalue weighted by atomic mass is 9.87. The third-order valence-electron chi connectivity index (χ3n) is 3.89. The van der Waals surface area contributed by atoms with Gasteiger partial charge in [-0.05, 0) is 24.9 Å². The molecule has 0 aromatic carbocycles. The highest BCUT2D eigenvalue weighted by Crippen LogP contribution is 2.25. The van der Waals surface area contributed by atoms with Gasteiger partial charge in [0.25, 0.3) is 0 Å². The van der Waals surface area contributed by atoms with Gasteiger partial charge in [0.2, 0.25) is 5.76 Å². The molecule has 19 heavy (non-hydrogen) atoms. The van der Waals surface area contributed by atoms with Crippen LogP contribution >= 0.6 is 0 Å². The Hall–Kier alpha value is -1.29. The predicted octanol–water partition coefficient (Wildman–Crippen LogP) is 3.13. The molecule has 4 nitrogen and oxygen atoms in total. The SMILES string of the molecule is COC(=O)c1occc1CNCCC1CCCCC1. The van der Waals surface area contributed by atoms with Crippen molar-refractivity contribution >= 4 is 5.97 Å². The highest BCUT2D eigenvalue weighted by atomic mass is 16.5. The van der Waals surface area contributed by atoms with E-state index in [1.807, 2.05) is 6.07 Å². The Labute approximate surface area is 114 Å². The Balaban J connectivity index is 1.70. The van der Waals surface area contributed by atoms with Gasteiger partial charge in [0.05, 0.1) is 13.4 Å². The van der Waals surface area contributed by atoms with Crippen molar-refractivity contribution in [2.45, 2.75) is 45.1 Å². The number of esters is 1. The first-order chi connectivity index (χ1) is 9.31. The lowest BCUT2D eigenvalue weighted by Crippen LogP contribution is -2.20. The van der Waals surface area contributed by atoms with Crippen LogP contribution in [0.2, 0.25) is 0 Å². The number of nitrogens with one attached hydrogen (secondary N) is 1. The molecule has 1 aromatic heterocycles. The van der Waals surface area contributed by atoms with E-state index in [9.17, 15) is 4.79 Å². The summed E-state index contributed by atoms with van der Waals surface area (Å²) in [6, 6.07) is 1.82. The largest absolute Gasteiger partial charge is 0.463 e. The van der Waals surface area contributed by atoms with Crippen molar-refractivity contribution in [3.8, 4) is 0 Å². The van der Waals surface area contributed by atoms with Crippen LogP contribution in [0.4, 0.5) is 0 Å². The minimum atomic E-state index is -0.408. The molecule has 2 rings (SSSR count). The summed E-state index contributed by atoms with van der Waals surface area (Å²) in [4.78, 5) is 11.4. The molecule has 106 valence electrons. The average Bonchev–Trinajstić information content (AvgIpc) is 2.92. The maximum absolute atomic E-state index is 11.4. The normalized spacial score (nSPS) is 16.5. The van der Waals surface area contributed by atoms with E-state index >= 15 is 0 Å². The number of carbonyl (C=O) groups is 1. The molecule has 0 radical (unpaired) electrons. The Bertz CT molecular complexity index is 394. The van der Waals surface area contributed by atoms with E-state index in [2.05, 4.69) is 10.1 Å². The number of ether oxygens (including phenoxy) is 1. The van der Waals surface area contributed by atoms with Crippen molar-refractivity contribution in [2.75, 3.05) is 13.7 Å². The van der Waals surface area contributed by atoms with Crippen molar-refractivity contribution in [2.24, 2.45) is 5.92 Å². The monoisotopic (exact) mass is 265 g/mol. The van der Waals surface area contributed by atoms with E-state index in [1.165, 1.54) is 51.9 Å². The maximum atomic E-state index is 11.4. The molecule has 0 atom stereocenters. The molecule has 1 heterocycles. The van der Waals surface area contributed by atoms with Gasteiger partial charge in [0, 0.05) is 12.1 Å². The first kappa shape index (κ1) is 14.1. The first-order valence-electron chi connectivity index (χ1n) is 7.16. The van der Waals surface area contributed by atoms with Crippen LogP contribution in [0.15, 0.2) is 16.7 Å². The number of methoxy groups -OCH3 is 1. The van der Waals surface area contributed by atoms with Crippen molar-refractivity contribution < 1.29 is 13.9 Å². The van der Waals surface area contributed by atoms with Crippen LogP contribution in [0, 0.1) is 5.92 Å². The summed E-state index contributed by atoms with van der Waals surface area (Å²) in [5, 5.41) is 3.39. The number of rotatable bonds is 6. The van der Waals surface area contributed by atoms with E-state index in [4.69, 9.17) is 4.42 Å². The van der Waals surface area contributed by atoms with Crippen LogP contribution in [0.3, 0.4) is 0 Å². The summed E-state index contributed by atoms with van der Waals surface area (Å²) in [7, 11) is 1.37. The number of hydrogen-bond acceptors (Lipinski definition) is 4. The Morgan fingerprint density at radius 1 is 1.42 bits per heavy atom. The fourth-order valence-electron chi connectivity index (χ4n) is 2.75. The maximum Gasteiger partial charge on any atom is 0.374 e. The standard InChI is InChI=1S/C15H23NO3/c1-18-15(17)14-13(8-10-19-14)11-16-9-7-12-5-3-2-4-6-12/h8,10,12,16H,2-7,9,11H2,1H3. The second-order valence-electron chi connectivity index (χ2n) is 5.24. The quantitative estimate of drug-likeness (QED) is 0.634. The lowest BCUT2D eigenvalue weighted by Gasteiger charge is -2.21. The Kier molecular flexibility index (Phi) is 5.45. The molecule has 0 unspecified atom stereocenters. The molecule has 0 spiro atoms. The molecular formula is C15H23NO3. The second kappa shape index (κ2) is 7.34. The molecule has 1 N–H and O–H groups in total. The van der Waals surface area contributed by atoms with Gasteiger partial charge < -0.3 is 14.5 Å². The average molecular weight is 265 g/mol. The zero-order chi connectivity index (χ0) is 13.5. The molecule has 0 aliphatic heterocycles. The van der Waals surface area contributed by atoms with Gasteiger partial charge in [-0.15, -0.1) is 0 Å². The van der Waals surface area contributed by atoms with Crippen LogP contribution in [-0.4, -0.2) is 19.6 Å². The van der Waals surface area contributed by atoms with E-state index in [-0.39, 0.29) is 0 Å². The third-order valence-corrected chi connectivity index (χ3v) is 3.89. The van der Waals surface area contributed by atoms with Crippen molar-refractivity contribution in [1.29, 1.82) is 0 Å². The fourth-order valence-corrected chi connectivity index (χ4v) is 2.75. The molecule has 0 saturated heterocycles. The summed E-state index contributed by atoms with van der Waals surface area (Å²) < 4.78 is 9.83. The molecule has 1 aliphatic carbocycles. The molecule has 4 heteroatoms. The van der Waals surface area contributed by atoms with Crippen LogP contribution in [0.1, 0.15) is 54.6 Å². The zero-order valence-electron chi connectivity index (χ0n) is 11.6. The van der Waals surface area contributed by atoms with Crippen molar-refractivity contribution in [3.63, 3.8) is 0 Å². The Morgan fingerprint density at radius 3 is 2.95 bits per heavy atom. The number of carbonyl (C=O) groups excluding carboxylic acids is 1. The highest BCUT2D eigenvalue weighted by molar-refractivity contribution is 5.87. The van der Waals surface area contributed by atoms with E-state index in [1.54, 1.807) is 0 Å². The van der Waals surface area contributed by atoms with E-state index in [0.29, 0.717) is 12.3 Å². The van der Waals surface area contributed by atoms with Gasteiger partial charge >= 0.3 is 5.97 Å². The van der Waals surface area contributed by atoms with E-state index in [0.717, 1.165) is 18.0 Å². The second-order valence-corrected chi connectivity index (χ2v) is 5.24. The van der Waals surface area contributed by atoms with E-state index < -0.39 is 5.97 Å². The predicted molar refractivity (Wildman–Crippen MR) is 72.9 cm³/mol. The smallest absolute Gasteiger partial charge is 0.374 e. The zero-order valence-corrected chi connectivity index (χ0v) is 11.6. The number of hydrogen-bond donors (Lipinski definition) is 1. The molecule has 0 amide bonds. The van der Waals surface area contributed by atoms with Crippen LogP contribution in [-0.2, 0) is 11.3 Å². The first-order valence-corrected chi connectivity index (χ1v) is 7.16. The van der Waals surface area contributed by atoms with Gasteiger partial charge in [-0.25, -0.2) is 4.79 Å². The topological polar surface area (TPSA) is 51.5 Å². The molecular weight excluding hydrogens is 242 g/mol. The summed E-state index contributed by atoms with van der Waals surface area (Å²) in [5.41, 5.74) is 0.871. The molecule has 1 aromatic rings. The van der Waals surface area contributed by atoms with Gasteiger partial charge in [-0.2, -0.15) is 0 Å². The van der Waals surface area contributed by atoms with Crippen LogP contribution in [0.5, 0.6) is 0 Å². The Morgan fingerprint density at radius 2 is 2.21 bits per heavy atom. The molecule has 1 aliphatic rings. The molecule has 1 fully saturated rings.